The van der Waals surface area contributed by atoms with Gasteiger partial charge in [0, 0.05) is 6.54 Å². The van der Waals surface area contributed by atoms with E-state index in [0.29, 0.717) is 0 Å². The number of amides is 1. The second-order valence-electron chi connectivity index (χ2n) is 5.09. The zero-order valence-corrected chi connectivity index (χ0v) is 11.7. The zero-order valence-electron chi connectivity index (χ0n) is 11.7. The Morgan fingerprint density at radius 2 is 1.73 bits per heavy atom. The molecule has 1 aliphatic heterocycles. The molecule has 1 aliphatic rings. The van der Waals surface area contributed by atoms with Crippen molar-refractivity contribution in [2.45, 2.75) is 30.5 Å². The second-order valence-corrected chi connectivity index (χ2v) is 5.09. The van der Waals surface area contributed by atoms with Gasteiger partial charge in [-0.2, -0.15) is 0 Å². The number of nitrogens with one attached hydrogen (secondary N) is 1. The molecule has 0 aliphatic carbocycles. The summed E-state index contributed by atoms with van der Waals surface area (Å²) < 4.78 is 5.26. The van der Waals surface area contributed by atoms with E-state index in [4.69, 9.17) is 9.84 Å². The van der Waals surface area contributed by atoms with Gasteiger partial charge in [-0.3, -0.25) is 4.79 Å². The van der Waals surface area contributed by atoms with Gasteiger partial charge >= 0.3 is 0 Å². The Morgan fingerprint density at radius 3 is 2.36 bits per heavy atom. The third kappa shape index (κ3) is 3.37. The number of carbonyl (C=O) groups excluding carboxylic acids is 1. The van der Waals surface area contributed by atoms with Gasteiger partial charge < -0.3 is 35.6 Å². The minimum Gasteiger partial charge on any atom is -0.507 e. The summed E-state index contributed by atoms with van der Waals surface area (Å²) in [5.74, 6) is -0.760. The fourth-order valence-corrected chi connectivity index (χ4v) is 2.30. The van der Waals surface area contributed by atoms with Crippen LogP contribution in [-0.2, 0) is 4.74 Å². The highest BCUT2D eigenvalue weighted by Crippen LogP contribution is 2.21. The van der Waals surface area contributed by atoms with Crippen LogP contribution < -0.4 is 5.32 Å². The Kier molecular flexibility index (Phi) is 5.33. The fourth-order valence-electron chi connectivity index (χ4n) is 2.30. The van der Waals surface area contributed by atoms with Gasteiger partial charge in [0.2, 0.25) is 0 Å². The molecule has 0 bridgehead atoms. The van der Waals surface area contributed by atoms with E-state index in [2.05, 4.69) is 5.32 Å². The fraction of sp³-hybridized carbons (Fsp3) is 0.500. The summed E-state index contributed by atoms with van der Waals surface area (Å²) >= 11 is 0. The van der Waals surface area contributed by atoms with Crippen LogP contribution in [0.4, 0.5) is 0 Å². The standard InChI is InChI=1S/C14H19NO7/c16-6-10-12(19)13(20)11(18)9(22-10)5-15-14(21)7-3-1-2-4-8(7)17/h1-4,9-13,16-20H,5-6H2,(H,15,21)/t9-,10+,11-,12+,13+/m0/s1. The molecular formula is C14H19NO7. The number of benzene rings is 1. The Balaban J connectivity index is 1.98. The van der Waals surface area contributed by atoms with Crippen molar-refractivity contribution >= 4 is 5.91 Å². The molecule has 0 spiro atoms. The minimum absolute atomic E-state index is 0.0621. The summed E-state index contributed by atoms with van der Waals surface area (Å²) in [6, 6.07) is 5.95. The highest BCUT2D eigenvalue weighted by molar-refractivity contribution is 5.96. The number of hydrogen-bond donors (Lipinski definition) is 6. The van der Waals surface area contributed by atoms with Gasteiger partial charge in [-0.15, -0.1) is 0 Å². The van der Waals surface area contributed by atoms with Crippen LogP contribution >= 0.6 is 0 Å². The van der Waals surface area contributed by atoms with Crippen molar-refractivity contribution in [2.75, 3.05) is 13.2 Å². The largest absolute Gasteiger partial charge is 0.507 e. The van der Waals surface area contributed by atoms with Crippen LogP contribution in [0.5, 0.6) is 5.75 Å². The van der Waals surface area contributed by atoms with Gasteiger partial charge in [0.1, 0.15) is 36.3 Å². The normalized spacial score (nSPS) is 31.7. The maximum atomic E-state index is 11.9. The number of rotatable bonds is 4. The molecule has 0 aromatic heterocycles. The van der Waals surface area contributed by atoms with Crippen molar-refractivity contribution in [3.8, 4) is 5.75 Å². The van der Waals surface area contributed by atoms with Crippen LogP contribution in [0.1, 0.15) is 10.4 Å². The third-order valence-corrected chi connectivity index (χ3v) is 3.60. The predicted molar refractivity (Wildman–Crippen MR) is 74.2 cm³/mol. The van der Waals surface area contributed by atoms with E-state index in [1.165, 1.54) is 12.1 Å². The van der Waals surface area contributed by atoms with Crippen molar-refractivity contribution in [2.24, 2.45) is 0 Å². The molecule has 6 N–H and O–H groups in total. The molecule has 1 aromatic carbocycles. The van der Waals surface area contributed by atoms with Crippen LogP contribution in [0, 0.1) is 0 Å². The Morgan fingerprint density at radius 1 is 1.09 bits per heavy atom. The van der Waals surface area contributed by atoms with Crippen LogP contribution in [0.3, 0.4) is 0 Å². The number of aliphatic hydroxyl groups is 4. The molecule has 0 radical (unpaired) electrons. The molecule has 0 saturated carbocycles. The molecule has 2 rings (SSSR count). The van der Waals surface area contributed by atoms with Crippen molar-refractivity contribution in [3.05, 3.63) is 29.8 Å². The maximum absolute atomic E-state index is 11.9. The number of ether oxygens (including phenoxy) is 1. The quantitative estimate of drug-likeness (QED) is 0.376. The van der Waals surface area contributed by atoms with Crippen molar-refractivity contribution in [3.63, 3.8) is 0 Å². The second kappa shape index (κ2) is 7.03. The highest BCUT2D eigenvalue weighted by Gasteiger charge is 2.43. The van der Waals surface area contributed by atoms with E-state index in [1.54, 1.807) is 12.1 Å². The smallest absolute Gasteiger partial charge is 0.255 e. The molecule has 1 saturated heterocycles. The number of phenols is 1. The van der Waals surface area contributed by atoms with Crippen molar-refractivity contribution < 1.29 is 35.1 Å². The molecule has 1 aromatic rings. The molecule has 122 valence electrons. The molecule has 1 amide bonds. The molecule has 8 heteroatoms. The molecular weight excluding hydrogens is 294 g/mol. The number of para-hydroxylation sites is 1. The van der Waals surface area contributed by atoms with Crippen LogP contribution in [0.2, 0.25) is 0 Å². The average Bonchev–Trinajstić information content (AvgIpc) is 2.52. The number of phenolic OH excluding ortho intramolecular Hbond substituents is 1. The van der Waals surface area contributed by atoms with Crippen LogP contribution in [-0.4, -0.2) is 75.1 Å². The van der Waals surface area contributed by atoms with E-state index in [0.717, 1.165) is 0 Å². The molecule has 5 atom stereocenters. The van der Waals surface area contributed by atoms with Gasteiger partial charge in [-0.05, 0) is 12.1 Å². The average molecular weight is 313 g/mol. The summed E-state index contributed by atoms with van der Waals surface area (Å²) in [6.07, 6.45) is -6.36. The maximum Gasteiger partial charge on any atom is 0.255 e. The van der Waals surface area contributed by atoms with Gasteiger partial charge in [0.25, 0.3) is 5.91 Å². The van der Waals surface area contributed by atoms with Gasteiger partial charge in [-0.1, -0.05) is 12.1 Å². The van der Waals surface area contributed by atoms with E-state index in [1.807, 2.05) is 0 Å². The minimum atomic E-state index is -1.49. The van der Waals surface area contributed by atoms with E-state index in [9.17, 15) is 25.2 Å². The van der Waals surface area contributed by atoms with Crippen molar-refractivity contribution in [1.29, 1.82) is 0 Å². The van der Waals surface area contributed by atoms with E-state index in [-0.39, 0.29) is 17.9 Å². The number of aliphatic hydroxyl groups excluding tert-OH is 4. The first kappa shape index (κ1) is 16.7. The first-order chi connectivity index (χ1) is 10.5. The summed E-state index contributed by atoms with van der Waals surface area (Å²) in [6.45, 7) is -0.691. The molecule has 1 heterocycles. The highest BCUT2D eigenvalue weighted by atomic mass is 16.5. The summed E-state index contributed by atoms with van der Waals surface area (Å²) in [5.41, 5.74) is 0.0621. The molecule has 0 unspecified atom stereocenters. The number of aromatic hydroxyl groups is 1. The summed E-state index contributed by atoms with van der Waals surface area (Å²) in [4.78, 5) is 11.9. The van der Waals surface area contributed by atoms with Crippen LogP contribution in [0.25, 0.3) is 0 Å². The van der Waals surface area contributed by atoms with Gasteiger partial charge in [0.15, 0.2) is 0 Å². The van der Waals surface area contributed by atoms with Gasteiger partial charge in [0.05, 0.1) is 12.2 Å². The van der Waals surface area contributed by atoms with E-state index >= 15 is 0 Å². The Bertz CT molecular complexity index is 522. The lowest BCUT2D eigenvalue weighted by Gasteiger charge is -2.40. The lowest BCUT2D eigenvalue weighted by atomic mass is 9.95. The molecule has 22 heavy (non-hydrogen) atoms. The molecule has 8 nitrogen and oxygen atoms in total. The predicted octanol–water partition coefficient (Wildman–Crippen LogP) is -2.04. The first-order valence-corrected chi connectivity index (χ1v) is 6.82. The molecule has 1 fully saturated rings. The lowest BCUT2D eigenvalue weighted by molar-refractivity contribution is -0.227. The SMILES string of the molecule is O=C(NC[C@@H]1O[C@H](CO)[C@@H](O)[C@H](O)[C@H]1O)c1ccccc1O. The Labute approximate surface area is 126 Å². The lowest BCUT2D eigenvalue weighted by Crippen LogP contribution is -2.60. The third-order valence-electron chi connectivity index (χ3n) is 3.60. The Hall–Kier alpha value is -1.71. The number of carbonyl (C=O) groups is 1. The topological polar surface area (TPSA) is 139 Å². The summed E-state index contributed by atoms with van der Waals surface area (Å²) in [7, 11) is 0. The van der Waals surface area contributed by atoms with Crippen molar-refractivity contribution in [1.82, 2.24) is 5.32 Å². The monoisotopic (exact) mass is 313 g/mol. The zero-order chi connectivity index (χ0) is 16.3. The summed E-state index contributed by atoms with van der Waals surface area (Å²) in [5, 5.41) is 50.3. The van der Waals surface area contributed by atoms with E-state index < -0.39 is 43.0 Å². The van der Waals surface area contributed by atoms with Gasteiger partial charge in [-0.25, -0.2) is 0 Å². The number of hydrogen-bond acceptors (Lipinski definition) is 7. The van der Waals surface area contributed by atoms with Crippen LogP contribution in [0.15, 0.2) is 24.3 Å². The first-order valence-electron chi connectivity index (χ1n) is 6.82.